The quantitative estimate of drug-likeness (QED) is 0.487. The molecule has 0 radical (unpaired) electrons. The lowest BCUT2D eigenvalue weighted by Gasteiger charge is -2.27. The molecule has 0 spiro atoms. The van der Waals surface area contributed by atoms with Crippen molar-refractivity contribution in [1.82, 2.24) is 4.90 Å². The van der Waals surface area contributed by atoms with Crippen molar-refractivity contribution in [1.29, 1.82) is 0 Å². The summed E-state index contributed by atoms with van der Waals surface area (Å²) in [7, 11) is 0. The molecule has 2 saturated carbocycles. The van der Waals surface area contributed by atoms with Crippen LogP contribution in [0.4, 0.5) is 5.69 Å². The van der Waals surface area contributed by atoms with Crippen LogP contribution >= 0.6 is 22.6 Å². The van der Waals surface area contributed by atoms with E-state index >= 15 is 0 Å². The maximum absolute atomic E-state index is 13.3. The van der Waals surface area contributed by atoms with Crippen molar-refractivity contribution < 1.29 is 14.4 Å². The lowest BCUT2D eigenvalue weighted by Crippen LogP contribution is -2.49. The number of benzene rings is 2. The fraction of sp³-hybridized carbons (Fsp3) is 0.375. The normalized spacial score (nSPS) is 28.0. The van der Waals surface area contributed by atoms with E-state index in [0.29, 0.717) is 23.9 Å². The summed E-state index contributed by atoms with van der Waals surface area (Å²) >= 11 is 2.21. The Balaban J connectivity index is 1.45. The highest BCUT2D eigenvalue weighted by Crippen LogP contribution is 2.56. The smallest absolute Gasteiger partial charge is 0.248 e. The van der Waals surface area contributed by atoms with Crippen molar-refractivity contribution in [3.05, 3.63) is 63.7 Å². The van der Waals surface area contributed by atoms with Crippen LogP contribution in [0.15, 0.2) is 54.6 Å². The van der Waals surface area contributed by atoms with Crippen molar-refractivity contribution in [2.24, 2.45) is 23.7 Å². The number of halogens is 1. The Labute approximate surface area is 189 Å². The van der Waals surface area contributed by atoms with E-state index < -0.39 is 6.04 Å². The largest absolute Gasteiger partial charge is 0.324 e. The Morgan fingerprint density at radius 1 is 0.967 bits per heavy atom. The van der Waals surface area contributed by atoms with E-state index in [0.717, 1.165) is 28.4 Å². The molecule has 6 heteroatoms. The van der Waals surface area contributed by atoms with E-state index in [1.54, 1.807) is 0 Å². The van der Waals surface area contributed by atoms with E-state index in [-0.39, 0.29) is 29.6 Å². The summed E-state index contributed by atoms with van der Waals surface area (Å²) in [5.41, 5.74) is 1.60. The second kappa shape index (κ2) is 7.80. The molecule has 154 valence electrons. The van der Waals surface area contributed by atoms with Gasteiger partial charge in [0, 0.05) is 15.7 Å². The van der Waals surface area contributed by atoms with Gasteiger partial charge in [0.2, 0.25) is 17.7 Å². The SMILES string of the molecule is O=C(Nc1ccc(I)cc1)[C@H](Cc1ccccc1)N1C(=O)[C@@H]2[C@H]3CC[C@@H](C3)[C@H]2C1=O. The number of anilines is 1. The summed E-state index contributed by atoms with van der Waals surface area (Å²) in [4.78, 5) is 41.3. The number of nitrogens with one attached hydrogen (secondary N) is 1. The minimum Gasteiger partial charge on any atom is -0.324 e. The lowest BCUT2D eigenvalue weighted by atomic mass is 9.81. The third-order valence-electron chi connectivity index (χ3n) is 6.96. The van der Waals surface area contributed by atoms with E-state index in [1.165, 1.54) is 4.90 Å². The van der Waals surface area contributed by atoms with Crippen molar-refractivity contribution in [3.8, 4) is 0 Å². The number of carbonyl (C=O) groups excluding carboxylic acids is 3. The molecule has 5 atom stereocenters. The van der Waals surface area contributed by atoms with E-state index in [9.17, 15) is 14.4 Å². The van der Waals surface area contributed by atoms with E-state index in [2.05, 4.69) is 27.9 Å². The first-order valence-electron chi connectivity index (χ1n) is 10.5. The van der Waals surface area contributed by atoms with Gasteiger partial charge in [-0.1, -0.05) is 30.3 Å². The number of imide groups is 1. The van der Waals surface area contributed by atoms with Gasteiger partial charge in [-0.15, -0.1) is 0 Å². The highest BCUT2D eigenvalue weighted by Gasteiger charge is 2.62. The van der Waals surface area contributed by atoms with Gasteiger partial charge in [-0.2, -0.15) is 0 Å². The first-order chi connectivity index (χ1) is 14.5. The number of rotatable bonds is 5. The standard InChI is InChI=1S/C24H23IN2O3/c25-17-8-10-18(11-9-17)26-22(28)19(12-14-4-2-1-3-5-14)27-23(29)20-15-6-7-16(13-15)21(20)24(27)30/h1-5,8-11,15-16,19-21H,6-7,12-13H2,(H,26,28)/t15-,16-,19-,20+,21+/m0/s1. The monoisotopic (exact) mass is 514 g/mol. The van der Waals surface area contributed by atoms with E-state index in [1.807, 2.05) is 54.6 Å². The first-order valence-corrected chi connectivity index (χ1v) is 11.6. The molecule has 2 aromatic carbocycles. The predicted octanol–water partition coefficient (Wildman–Crippen LogP) is 3.87. The molecule has 0 unspecified atom stereocenters. The number of fused-ring (bicyclic) bond motifs is 5. The number of hydrogen-bond acceptors (Lipinski definition) is 3. The minimum atomic E-state index is -0.836. The molecule has 3 aliphatic rings. The number of amides is 3. The van der Waals surface area contributed by atoms with Crippen LogP contribution in [0.2, 0.25) is 0 Å². The third kappa shape index (κ3) is 3.35. The maximum Gasteiger partial charge on any atom is 0.248 e. The molecule has 1 saturated heterocycles. The molecule has 2 aromatic rings. The molecule has 2 aliphatic carbocycles. The van der Waals surface area contributed by atoms with Crippen LogP contribution < -0.4 is 5.32 Å². The van der Waals surface area contributed by atoms with Crippen LogP contribution in [0.3, 0.4) is 0 Å². The Bertz CT molecular complexity index is 963. The molecule has 1 heterocycles. The van der Waals surface area contributed by atoms with E-state index in [4.69, 9.17) is 0 Å². The second-order valence-corrected chi connectivity index (χ2v) is 9.88. The summed E-state index contributed by atoms with van der Waals surface area (Å²) in [5, 5.41) is 2.92. The van der Waals surface area contributed by atoms with Crippen molar-refractivity contribution in [2.45, 2.75) is 31.7 Å². The summed E-state index contributed by atoms with van der Waals surface area (Å²) in [6, 6.07) is 16.3. The number of carbonyl (C=O) groups is 3. The fourth-order valence-electron chi connectivity index (χ4n) is 5.64. The molecule has 1 aliphatic heterocycles. The fourth-order valence-corrected chi connectivity index (χ4v) is 6.00. The van der Waals surface area contributed by atoms with Gasteiger partial charge < -0.3 is 5.32 Å². The Morgan fingerprint density at radius 3 is 2.17 bits per heavy atom. The highest BCUT2D eigenvalue weighted by molar-refractivity contribution is 14.1. The van der Waals surface area contributed by atoms with Crippen molar-refractivity contribution >= 4 is 46.0 Å². The molecule has 3 fully saturated rings. The molecule has 2 bridgehead atoms. The van der Waals surface area contributed by atoms with Crippen LogP contribution in [0, 0.1) is 27.2 Å². The summed E-state index contributed by atoms with van der Waals surface area (Å²) in [6.45, 7) is 0. The molecule has 30 heavy (non-hydrogen) atoms. The topological polar surface area (TPSA) is 66.5 Å². The lowest BCUT2D eigenvalue weighted by molar-refractivity contribution is -0.147. The average molecular weight is 514 g/mol. The molecule has 0 aromatic heterocycles. The van der Waals surface area contributed by atoms with Crippen LogP contribution in [0.5, 0.6) is 0 Å². The van der Waals surface area contributed by atoms with Gasteiger partial charge in [0.25, 0.3) is 0 Å². The third-order valence-corrected chi connectivity index (χ3v) is 7.68. The Morgan fingerprint density at radius 2 is 1.57 bits per heavy atom. The van der Waals surface area contributed by atoms with Crippen molar-refractivity contribution in [2.75, 3.05) is 5.32 Å². The zero-order chi connectivity index (χ0) is 20.8. The van der Waals surface area contributed by atoms with Gasteiger partial charge in [0.1, 0.15) is 6.04 Å². The minimum absolute atomic E-state index is 0.143. The molecule has 5 rings (SSSR count). The Kier molecular flexibility index (Phi) is 5.13. The summed E-state index contributed by atoms with van der Waals surface area (Å²) in [6.07, 6.45) is 3.36. The zero-order valence-electron chi connectivity index (χ0n) is 16.5. The highest BCUT2D eigenvalue weighted by atomic mass is 127. The van der Waals surface area contributed by atoms with Gasteiger partial charge >= 0.3 is 0 Å². The first kappa shape index (κ1) is 19.7. The maximum atomic E-state index is 13.3. The summed E-state index contributed by atoms with van der Waals surface area (Å²) in [5.74, 6) is -0.432. The van der Waals surface area contributed by atoms with Crippen LogP contribution in [-0.4, -0.2) is 28.7 Å². The van der Waals surface area contributed by atoms with Crippen LogP contribution in [-0.2, 0) is 20.8 Å². The molecule has 3 amide bonds. The van der Waals surface area contributed by atoms with Gasteiger partial charge in [-0.05, 0) is 83.5 Å². The van der Waals surface area contributed by atoms with Gasteiger partial charge in [0.15, 0.2) is 0 Å². The van der Waals surface area contributed by atoms with Gasteiger partial charge in [-0.3, -0.25) is 19.3 Å². The molecule has 1 N–H and O–H groups in total. The second-order valence-electron chi connectivity index (χ2n) is 8.63. The predicted molar refractivity (Wildman–Crippen MR) is 121 cm³/mol. The number of nitrogens with zero attached hydrogens (tertiary/aromatic N) is 1. The number of likely N-dealkylation sites (tertiary alicyclic amines) is 1. The van der Waals surface area contributed by atoms with Crippen molar-refractivity contribution in [3.63, 3.8) is 0 Å². The molecular formula is C24H23IN2O3. The number of hydrogen-bond donors (Lipinski definition) is 1. The average Bonchev–Trinajstić information content (AvgIpc) is 3.43. The van der Waals surface area contributed by atoms with Gasteiger partial charge in [0.05, 0.1) is 11.8 Å². The van der Waals surface area contributed by atoms with Gasteiger partial charge in [-0.25, -0.2) is 0 Å². The summed E-state index contributed by atoms with van der Waals surface area (Å²) < 4.78 is 1.07. The van der Waals surface area contributed by atoms with Crippen LogP contribution in [0.25, 0.3) is 0 Å². The zero-order valence-corrected chi connectivity index (χ0v) is 18.6. The van der Waals surface area contributed by atoms with Crippen LogP contribution in [0.1, 0.15) is 24.8 Å². The molecule has 5 nitrogen and oxygen atoms in total. The molecular weight excluding hydrogens is 491 g/mol. The Hall–Kier alpha value is -2.22.